The monoisotopic (exact) mass is 409 g/mol. The van der Waals surface area contributed by atoms with Crippen molar-refractivity contribution in [3.05, 3.63) is 65.0 Å². The van der Waals surface area contributed by atoms with Crippen LogP contribution in [0.3, 0.4) is 0 Å². The second-order valence-corrected chi connectivity index (χ2v) is 7.98. The Labute approximate surface area is 171 Å². The molecule has 0 bridgehead atoms. The van der Waals surface area contributed by atoms with Gasteiger partial charge in [0, 0.05) is 23.3 Å². The second-order valence-electron chi connectivity index (χ2n) is 6.18. The lowest BCUT2D eigenvalue weighted by atomic mass is 10.2. The van der Waals surface area contributed by atoms with E-state index in [1.807, 2.05) is 52.6 Å². The van der Waals surface area contributed by atoms with Gasteiger partial charge in [0.25, 0.3) is 0 Å². The fourth-order valence-electron chi connectivity index (χ4n) is 2.96. The normalized spacial score (nSPS) is 11.0. The molecule has 0 aliphatic heterocycles. The van der Waals surface area contributed by atoms with Crippen molar-refractivity contribution in [1.29, 1.82) is 0 Å². The lowest BCUT2D eigenvalue weighted by molar-refractivity contribution is -0.121. The molecule has 3 aromatic heterocycles. The quantitative estimate of drug-likeness (QED) is 0.503. The molecule has 0 aliphatic rings. The van der Waals surface area contributed by atoms with Crippen LogP contribution in [0.1, 0.15) is 10.8 Å². The van der Waals surface area contributed by atoms with Crippen LogP contribution in [-0.4, -0.2) is 31.7 Å². The first kappa shape index (κ1) is 18.6. The van der Waals surface area contributed by atoms with E-state index in [0.717, 1.165) is 38.9 Å². The standard InChI is InChI=1S/C20H19N5OS2/c1-27-13-18-23-15-4-2-3-5-17(15)25(18)11-19(26)22-10-20-24-16(12-28-20)14-6-8-21-9-7-14/h2-9,12H,10-11,13H2,1H3,(H,22,26). The first-order chi connectivity index (χ1) is 13.7. The van der Waals surface area contributed by atoms with Crippen molar-refractivity contribution >= 4 is 40.0 Å². The average molecular weight is 410 g/mol. The Morgan fingerprint density at radius 3 is 2.82 bits per heavy atom. The van der Waals surface area contributed by atoms with E-state index in [1.165, 1.54) is 11.3 Å². The molecule has 0 aliphatic carbocycles. The zero-order valence-corrected chi connectivity index (χ0v) is 17.0. The maximum Gasteiger partial charge on any atom is 0.240 e. The SMILES string of the molecule is CSCc1nc2ccccc2n1CC(=O)NCc1nc(-c2ccncc2)cs1. The van der Waals surface area contributed by atoms with Crippen molar-refractivity contribution < 1.29 is 4.79 Å². The number of amides is 1. The first-order valence-electron chi connectivity index (χ1n) is 8.79. The number of benzene rings is 1. The Kier molecular flexibility index (Phi) is 5.68. The third kappa shape index (κ3) is 4.07. The van der Waals surface area contributed by atoms with Crippen molar-refractivity contribution in [3.8, 4) is 11.3 Å². The highest BCUT2D eigenvalue weighted by atomic mass is 32.2. The highest BCUT2D eigenvalue weighted by Gasteiger charge is 2.13. The molecule has 142 valence electrons. The molecule has 4 rings (SSSR count). The Morgan fingerprint density at radius 2 is 2.00 bits per heavy atom. The van der Waals surface area contributed by atoms with Crippen molar-refractivity contribution in [1.82, 2.24) is 24.8 Å². The number of nitrogens with zero attached hydrogens (tertiary/aromatic N) is 4. The molecule has 6 nitrogen and oxygen atoms in total. The minimum atomic E-state index is -0.0498. The number of carbonyl (C=O) groups excluding carboxylic acids is 1. The number of carbonyl (C=O) groups is 1. The number of imidazole rings is 1. The molecule has 0 saturated heterocycles. The molecule has 1 amide bonds. The maximum absolute atomic E-state index is 12.6. The number of aromatic nitrogens is 4. The number of hydrogen-bond acceptors (Lipinski definition) is 6. The summed E-state index contributed by atoms with van der Waals surface area (Å²) in [7, 11) is 0. The molecule has 1 N–H and O–H groups in total. The van der Waals surface area contributed by atoms with E-state index in [1.54, 1.807) is 24.2 Å². The predicted octanol–water partition coefficient (Wildman–Crippen LogP) is 3.73. The first-order valence-corrected chi connectivity index (χ1v) is 11.1. The van der Waals surface area contributed by atoms with Gasteiger partial charge in [0.2, 0.25) is 5.91 Å². The van der Waals surface area contributed by atoms with Gasteiger partial charge in [-0.3, -0.25) is 9.78 Å². The van der Waals surface area contributed by atoms with Gasteiger partial charge in [-0.2, -0.15) is 11.8 Å². The molecule has 0 atom stereocenters. The van der Waals surface area contributed by atoms with E-state index in [-0.39, 0.29) is 12.5 Å². The van der Waals surface area contributed by atoms with Gasteiger partial charge in [-0.15, -0.1) is 11.3 Å². The Morgan fingerprint density at radius 1 is 1.18 bits per heavy atom. The van der Waals surface area contributed by atoms with Crippen molar-refractivity contribution in [2.45, 2.75) is 18.8 Å². The van der Waals surface area contributed by atoms with Crippen LogP contribution in [0.15, 0.2) is 54.2 Å². The molecule has 1 aromatic carbocycles. The minimum absolute atomic E-state index is 0.0498. The highest BCUT2D eigenvalue weighted by molar-refractivity contribution is 7.97. The summed E-state index contributed by atoms with van der Waals surface area (Å²) in [6.07, 6.45) is 5.53. The molecule has 0 fully saturated rings. The number of nitrogens with one attached hydrogen (secondary N) is 1. The van der Waals surface area contributed by atoms with E-state index in [2.05, 4.69) is 20.3 Å². The van der Waals surface area contributed by atoms with E-state index < -0.39 is 0 Å². The van der Waals surface area contributed by atoms with Gasteiger partial charge in [0.1, 0.15) is 17.4 Å². The fraction of sp³-hybridized carbons (Fsp3) is 0.200. The van der Waals surface area contributed by atoms with Crippen LogP contribution in [-0.2, 0) is 23.6 Å². The Bertz CT molecular complexity index is 1090. The van der Waals surface area contributed by atoms with Crippen LogP contribution < -0.4 is 5.32 Å². The molecule has 0 unspecified atom stereocenters. The predicted molar refractivity (Wildman–Crippen MR) is 114 cm³/mol. The molecule has 4 aromatic rings. The number of thiazole rings is 1. The summed E-state index contributed by atoms with van der Waals surface area (Å²) in [6.45, 7) is 0.665. The minimum Gasteiger partial charge on any atom is -0.348 e. The zero-order chi connectivity index (χ0) is 19.3. The molecule has 3 heterocycles. The van der Waals surface area contributed by atoms with Crippen LogP contribution in [0.5, 0.6) is 0 Å². The molecule has 0 saturated carbocycles. The lowest BCUT2D eigenvalue weighted by Gasteiger charge is -2.09. The number of fused-ring (bicyclic) bond motifs is 1. The van der Waals surface area contributed by atoms with Crippen molar-refractivity contribution in [3.63, 3.8) is 0 Å². The lowest BCUT2D eigenvalue weighted by Crippen LogP contribution is -2.27. The summed E-state index contributed by atoms with van der Waals surface area (Å²) in [5.41, 5.74) is 3.83. The van der Waals surface area contributed by atoms with Crippen LogP contribution >= 0.6 is 23.1 Å². The largest absolute Gasteiger partial charge is 0.348 e. The number of pyridine rings is 1. The average Bonchev–Trinajstić information content (AvgIpc) is 3.33. The zero-order valence-electron chi connectivity index (χ0n) is 15.3. The van der Waals surface area contributed by atoms with Gasteiger partial charge < -0.3 is 9.88 Å². The summed E-state index contributed by atoms with van der Waals surface area (Å²) in [6, 6.07) is 11.8. The second kappa shape index (κ2) is 8.53. The summed E-state index contributed by atoms with van der Waals surface area (Å²) < 4.78 is 1.99. The van der Waals surface area contributed by atoms with Crippen molar-refractivity contribution in [2.24, 2.45) is 0 Å². The highest BCUT2D eigenvalue weighted by Crippen LogP contribution is 2.21. The van der Waals surface area contributed by atoms with E-state index >= 15 is 0 Å². The van der Waals surface area contributed by atoms with E-state index in [4.69, 9.17) is 0 Å². The molecule has 8 heteroatoms. The molecule has 0 radical (unpaired) electrons. The van der Waals surface area contributed by atoms with E-state index in [9.17, 15) is 4.79 Å². The van der Waals surface area contributed by atoms with Gasteiger partial charge in [-0.05, 0) is 30.5 Å². The topological polar surface area (TPSA) is 72.7 Å². The molecular weight excluding hydrogens is 390 g/mol. The number of para-hydroxylation sites is 2. The Hall–Kier alpha value is -2.71. The fourth-order valence-corrected chi connectivity index (χ4v) is 4.18. The third-order valence-corrected chi connectivity index (χ3v) is 5.67. The molecule has 28 heavy (non-hydrogen) atoms. The van der Waals surface area contributed by atoms with Gasteiger partial charge in [-0.1, -0.05) is 12.1 Å². The summed E-state index contributed by atoms with van der Waals surface area (Å²) in [5, 5.41) is 5.85. The number of thioether (sulfide) groups is 1. The number of hydrogen-bond donors (Lipinski definition) is 1. The number of rotatable bonds is 7. The third-order valence-electron chi connectivity index (χ3n) is 4.27. The Balaban J connectivity index is 1.43. The molecular formula is C20H19N5OS2. The van der Waals surface area contributed by atoms with Crippen LogP contribution in [0.2, 0.25) is 0 Å². The molecule has 0 spiro atoms. The smallest absolute Gasteiger partial charge is 0.240 e. The van der Waals surface area contributed by atoms with Gasteiger partial charge in [0.15, 0.2) is 0 Å². The van der Waals surface area contributed by atoms with Gasteiger partial charge in [0.05, 0.1) is 29.0 Å². The maximum atomic E-state index is 12.6. The summed E-state index contributed by atoms with van der Waals surface area (Å²) in [5.74, 6) is 1.63. The van der Waals surface area contributed by atoms with Gasteiger partial charge >= 0.3 is 0 Å². The summed E-state index contributed by atoms with van der Waals surface area (Å²) in [4.78, 5) is 25.8. The van der Waals surface area contributed by atoms with Crippen LogP contribution in [0, 0.1) is 0 Å². The van der Waals surface area contributed by atoms with Crippen molar-refractivity contribution in [2.75, 3.05) is 6.26 Å². The van der Waals surface area contributed by atoms with Crippen LogP contribution in [0.4, 0.5) is 0 Å². The summed E-state index contributed by atoms with van der Waals surface area (Å²) >= 11 is 3.23. The van der Waals surface area contributed by atoms with E-state index in [0.29, 0.717) is 6.54 Å². The van der Waals surface area contributed by atoms with Gasteiger partial charge in [-0.25, -0.2) is 9.97 Å². The van der Waals surface area contributed by atoms with Crippen LogP contribution in [0.25, 0.3) is 22.3 Å².